The zero-order valence-corrected chi connectivity index (χ0v) is 11.7. The summed E-state index contributed by atoms with van der Waals surface area (Å²) in [4.78, 5) is 23.7. The van der Waals surface area contributed by atoms with Crippen molar-refractivity contribution in [2.75, 3.05) is 6.54 Å². The first-order valence-corrected chi connectivity index (χ1v) is 6.76. The average Bonchev–Trinajstić information content (AvgIpc) is 2.73. The fourth-order valence-electron chi connectivity index (χ4n) is 2.22. The number of carbonyl (C=O) groups is 2. The molecular weight excluding hydrogens is 260 g/mol. The molecule has 1 saturated heterocycles. The summed E-state index contributed by atoms with van der Waals surface area (Å²) in [5, 5.41) is 15.9. The summed E-state index contributed by atoms with van der Waals surface area (Å²) in [6.07, 6.45) is 4.10. The molecule has 0 radical (unpaired) electrons. The van der Waals surface area contributed by atoms with E-state index >= 15 is 0 Å². The SMILES string of the molecule is C[C@H](NC(=O)N[C@H]1CCCCNC1=O)c1nncn1C. The topological polar surface area (TPSA) is 101 Å². The summed E-state index contributed by atoms with van der Waals surface area (Å²) < 4.78 is 1.74. The van der Waals surface area contributed by atoms with Crippen molar-refractivity contribution in [1.29, 1.82) is 0 Å². The van der Waals surface area contributed by atoms with Crippen molar-refractivity contribution in [3.8, 4) is 0 Å². The third-order valence-electron chi connectivity index (χ3n) is 3.32. The van der Waals surface area contributed by atoms with Crippen LogP contribution in [0.1, 0.15) is 38.1 Å². The Morgan fingerprint density at radius 2 is 2.35 bits per heavy atom. The fourth-order valence-corrected chi connectivity index (χ4v) is 2.22. The van der Waals surface area contributed by atoms with Crippen molar-refractivity contribution in [2.45, 2.75) is 38.3 Å². The number of aromatic nitrogens is 3. The molecule has 2 atom stereocenters. The van der Waals surface area contributed by atoms with E-state index in [1.807, 2.05) is 14.0 Å². The van der Waals surface area contributed by atoms with Gasteiger partial charge in [0.15, 0.2) is 5.82 Å². The van der Waals surface area contributed by atoms with Gasteiger partial charge in [-0.25, -0.2) is 4.79 Å². The highest BCUT2D eigenvalue weighted by atomic mass is 16.2. The minimum absolute atomic E-state index is 0.121. The first-order valence-electron chi connectivity index (χ1n) is 6.76. The third kappa shape index (κ3) is 3.46. The van der Waals surface area contributed by atoms with Gasteiger partial charge >= 0.3 is 6.03 Å². The molecule has 8 heteroatoms. The normalized spacial score (nSPS) is 20.7. The quantitative estimate of drug-likeness (QED) is 0.716. The largest absolute Gasteiger partial charge is 0.354 e. The molecule has 20 heavy (non-hydrogen) atoms. The monoisotopic (exact) mass is 280 g/mol. The average molecular weight is 280 g/mol. The first-order chi connectivity index (χ1) is 9.58. The second-order valence-corrected chi connectivity index (χ2v) is 4.98. The highest BCUT2D eigenvalue weighted by Gasteiger charge is 2.23. The van der Waals surface area contributed by atoms with E-state index in [2.05, 4.69) is 26.1 Å². The van der Waals surface area contributed by atoms with Gasteiger partial charge in [0.25, 0.3) is 0 Å². The first kappa shape index (κ1) is 14.3. The summed E-state index contributed by atoms with van der Waals surface area (Å²) in [6.45, 7) is 2.49. The Morgan fingerprint density at radius 1 is 1.55 bits per heavy atom. The lowest BCUT2D eigenvalue weighted by Crippen LogP contribution is -2.49. The van der Waals surface area contributed by atoms with E-state index < -0.39 is 6.04 Å². The molecular formula is C12H20N6O2. The molecule has 2 heterocycles. The maximum Gasteiger partial charge on any atom is 0.316 e. The van der Waals surface area contributed by atoms with E-state index in [9.17, 15) is 9.59 Å². The molecule has 1 aromatic rings. The molecule has 0 bridgehead atoms. The summed E-state index contributed by atoms with van der Waals surface area (Å²) in [5.41, 5.74) is 0. The molecule has 0 spiro atoms. The van der Waals surface area contributed by atoms with Gasteiger partial charge in [-0.2, -0.15) is 0 Å². The number of hydrogen-bond donors (Lipinski definition) is 3. The van der Waals surface area contributed by atoms with Gasteiger partial charge in [-0.05, 0) is 26.2 Å². The molecule has 0 unspecified atom stereocenters. The van der Waals surface area contributed by atoms with Gasteiger partial charge in [0, 0.05) is 13.6 Å². The van der Waals surface area contributed by atoms with Crippen molar-refractivity contribution in [2.24, 2.45) is 7.05 Å². The molecule has 8 nitrogen and oxygen atoms in total. The van der Waals surface area contributed by atoms with Gasteiger partial charge in [0.1, 0.15) is 12.4 Å². The minimum Gasteiger partial charge on any atom is -0.354 e. The zero-order chi connectivity index (χ0) is 14.5. The van der Waals surface area contributed by atoms with Gasteiger partial charge in [-0.3, -0.25) is 4.79 Å². The van der Waals surface area contributed by atoms with E-state index in [-0.39, 0.29) is 18.0 Å². The van der Waals surface area contributed by atoms with Gasteiger partial charge < -0.3 is 20.5 Å². The van der Waals surface area contributed by atoms with Crippen LogP contribution in [0.2, 0.25) is 0 Å². The molecule has 3 N–H and O–H groups in total. The Morgan fingerprint density at radius 3 is 3.05 bits per heavy atom. The molecule has 1 fully saturated rings. The number of carbonyl (C=O) groups excluding carboxylic acids is 2. The Bertz CT molecular complexity index is 486. The summed E-state index contributed by atoms with van der Waals surface area (Å²) >= 11 is 0. The van der Waals surface area contributed by atoms with Crippen LogP contribution in [-0.4, -0.2) is 39.3 Å². The molecule has 0 aliphatic carbocycles. The van der Waals surface area contributed by atoms with E-state index in [1.165, 1.54) is 0 Å². The predicted molar refractivity (Wildman–Crippen MR) is 71.7 cm³/mol. The van der Waals surface area contributed by atoms with Crippen molar-refractivity contribution in [3.05, 3.63) is 12.2 Å². The van der Waals surface area contributed by atoms with Crippen molar-refractivity contribution >= 4 is 11.9 Å². The van der Waals surface area contributed by atoms with Gasteiger partial charge in [0.05, 0.1) is 6.04 Å². The summed E-state index contributed by atoms with van der Waals surface area (Å²) in [6, 6.07) is -1.12. The molecule has 2 rings (SSSR count). The second kappa shape index (κ2) is 6.36. The molecule has 1 aliphatic rings. The number of amides is 3. The predicted octanol–water partition coefficient (Wildman–Crippen LogP) is -0.156. The molecule has 1 aromatic heterocycles. The van der Waals surface area contributed by atoms with E-state index in [1.54, 1.807) is 10.9 Å². The van der Waals surface area contributed by atoms with Crippen LogP contribution in [0.25, 0.3) is 0 Å². The standard InChI is InChI=1S/C12H20N6O2/c1-8(10-17-14-7-18(10)2)15-12(20)16-9-5-3-4-6-13-11(9)19/h7-9H,3-6H2,1-2H3,(H,13,19)(H2,15,16,20)/t8-,9-/m0/s1. The van der Waals surface area contributed by atoms with Crippen LogP contribution in [0.15, 0.2) is 6.33 Å². The lowest BCUT2D eigenvalue weighted by Gasteiger charge is -2.18. The Kier molecular flexibility index (Phi) is 4.54. The van der Waals surface area contributed by atoms with Gasteiger partial charge in [-0.15, -0.1) is 10.2 Å². The van der Waals surface area contributed by atoms with Crippen LogP contribution >= 0.6 is 0 Å². The van der Waals surface area contributed by atoms with Crippen molar-refractivity contribution in [1.82, 2.24) is 30.7 Å². The zero-order valence-electron chi connectivity index (χ0n) is 11.7. The van der Waals surface area contributed by atoms with Gasteiger partial charge in [0.2, 0.25) is 5.91 Å². The minimum atomic E-state index is -0.468. The van der Waals surface area contributed by atoms with E-state index in [4.69, 9.17) is 0 Å². The Hall–Kier alpha value is -2.12. The highest BCUT2D eigenvalue weighted by Crippen LogP contribution is 2.08. The molecule has 110 valence electrons. The van der Waals surface area contributed by atoms with E-state index in [0.29, 0.717) is 18.8 Å². The molecule has 0 aromatic carbocycles. The van der Waals surface area contributed by atoms with Crippen LogP contribution in [-0.2, 0) is 11.8 Å². The Labute approximate surface area is 117 Å². The maximum atomic E-state index is 11.9. The molecule has 3 amide bonds. The summed E-state index contributed by atoms with van der Waals surface area (Å²) in [7, 11) is 1.81. The lowest BCUT2D eigenvalue weighted by molar-refractivity contribution is -0.122. The molecule has 1 aliphatic heterocycles. The smallest absolute Gasteiger partial charge is 0.316 e. The number of rotatable bonds is 3. The maximum absolute atomic E-state index is 11.9. The van der Waals surface area contributed by atoms with Crippen LogP contribution in [0.4, 0.5) is 4.79 Å². The Balaban J connectivity index is 1.88. The highest BCUT2D eigenvalue weighted by molar-refractivity contribution is 5.87. The number of urea groups is 1. The molecule has 0 saturated carbocycles. The number of nitrogens with zero attached hydrogens (tertiary/aromatic N) is 3. The van der Waals surface area contributed by atoms with Crippen LogP contribution in [0.5, 0.6) is 0 Å². The van der Waals surface area contributed by atoms with Crippen molar-refractivity contribution < 1.29 is 9.59 Å². The second-order valence-electron chi connectivity index (χ2n) is 4.98. The van der Waals surface area contributed by atoms with Crippen LogP contribution in [0, 0.1) is 0 Å². The third-order valence-corrected chi connectivity index (χ3v) is 3.32. The fraction of sp³-hybridized carbons (Fsp3) is 0.667. The van der Waals surface area contributed by atoms with Crippen LogP contribution < -0.4 is 16.0 Å². The van der Waals surface area contributed by atoms with E-state index in [0.717, 1.165) is 12.8 Å². The number of aryl methyl sites for hydroxylation is 1. The summed E-state index contributed by atoms with van der Waals surface area (Å²) in [5.74, 6) is 0.537. The lowest BCUT2D eigenvalue weighted by atomic mass is 10.1. The number of hydrogen-bond acceptors (Lipinski definition) is 4. The number of nitrogens with one attached hydrogen (secondary N) is 3. The van der Waals surface area contributed by atoms with Crippen molar-refractivity contribution in [3.63, 3.8) is 0 Å². The van der Waals surface area contributed by atoms with Gasteiger partial charge in [-0.1, -0.05) is 0 Å². The van der Waals surface area contributed by atoms with Crippen LogP contribution in [0.3, 0.4) is 0 Å².